The van der Waals surface area contributed by atoms with Gasteiger partial charge in [-0.3, -0.25) is 4.90 Å². The van der Waals surface area contributed by atoms with Crippen LogP contribution in [-0.2, 0) is 11.8 Å². The van der Waals surface area contributed by atoms with E-state index in [4.69, 9.17) is 0 Å². The molecule has 2 fully saturated rings. The molecule has 1 saturated carbocycles. The summed E-state index contributed by atoms with van der Waals surface area (Å²) in [6.07, 6.45) is 5.29. The largest absolute Gasteiger partial charge is 0.299 e. The lowest BCUT2D eigenvalue weighted by Gasteiger charge is -2.54. The number of likely N-dealkylation sites (tertiary alicyclic amines) is 1. The minimum Gasteiger partial charge on any atom is -0.299 e. The summed E-state index contributed by atoms with van der Waals surface area (Å²) in [5.41, 5.74) is 4.02. The molecular formula is C19H24N2. The van der Waals surface area contributed by atoms with Crippen LogP contribution in [0.3, 0.4) is 0 Å². The number of fused-ring (bicyclic) bond motifs is 4. The molecule has 0 radical (unpaired) electrons. The van der Waals surface area contributed by atoms with E-state index in [2.05, 4.69) is 36.9 Å². The van der Waals surface area contributed by atoms with Gasteiger partial charge in [0.15, 0.2) is 0 Å². The molecule has 2 aliphatic carbocycles. The van der Waals surface area contributed by atoms with Gasteiger partial charge in [-0.05, 0) is 72.7 Å². The van der Waals surface area contributed by atoms with E-state index in [-0.39, 0.29) is 5.41 Å². The first-order valence-corrected chi connectivity index (χ1v) is 8.39. The van der Waals surface area contributed by atoms with Crippen LogP contribution in [0.15, 0.2) is 18.2 Å². The first kappa shape index (κ1) is 13.3. The fraction of sp³-hybridized carbons (Fsp3) is 0.632. The molecule has 0 unspecified atom stereocenters. The van der Waals surface area contributed by atoms with E-state index in [0.29, 0.717) is 12.0 Å². The molecule has 0 aromatic heterocycles. The third-order valence-electron chi connectivity index (χ3n) is 6.44. The quantitative estimate of drug-likeness (QED) is 0.829. The topological polar surface area (TPSA) is 27.0 Å². The van der Waals surface area contributed by atoms with E-state index in [1.54, 1.807) is 0 Å². The molecule has 0 N–H and O–H groups in total. The van der Waals surface area contributed by atoms with Crippen molar-refractivity contribution >= 4 is 0 Å². The maximum atomic E-state index is 9.20. The van der Waals surface area contributed by atoms with Gasteiger partial charge in [0.05, 0.1) is 11.6 Å². The first-order valence-electron chi connectivity index (χ1n) is 8.39. The summed E-state index contributed by atoms with van der Waals surface area (Å²) in [5, 5.41) is 9.20. The van der Waals surface area contributed by atoms with Gasteiger partial charge in [0.2, 0.25) is 0 Å². The number of nitriles is 1. The fourth-order valence-electron chi connectivity index (χ4n) is 4.64. The predicted octanol–water partition coefficient (Wildman–Crippen LogP) is 3.49. The van der Waals surface area contributed by atoms with Gasteiger partial charge in [0.1, 0.15) is 0 Å². The zero-order chi connectivity index (χ0) is 14.6. The van der Waals surface area contributed by atoms with Gasteiger partial charge in [-0.1, -0.05) is 19.9 Å². The van der Waals surface area contributed by atoms with Gasteiger partial charge in [0.25, 0.3) is 0 Å². The summed E-state index contributed by atoms with van der Waals surface area (Å²) in [6, 6.07) is 9.39. The first-order chi connectivity index (χ1) is 10.1. The summed E-state index contributed by atoms with van der Waals surface area (Å²) in [7, 11) is 0. The second-order valence-corrected chi connectivity index (χ2v) is 7.65. The Morgan fingerprint density at radius 3 is 2.90 bits per heavy atom. The molecule has 1 aromatic carbocycles. The van der Waals surface area contributed by atoms with Crippen molar-refractivity contribution in [3.05, 3.63) is 34.9 Å². The lowest BCUT2D eigenvalue weighted by molar-refractivity contribution is 0.0284. The smallest absolute Gasteiger partial charge is 0.0991 e. The van der Waals surface area contributed by atoms with Gasteiger partial charge in [0, 0.05) is 12.6 Å². The van der Waals surface area contributed by atoms with Crippen molar-refractivity contribution in [1.29, 1.82) is 5.26 Å². The van der Waals surface area contributed by atoms with Crippen molar-refractivity contribution in [3.8, 4) is 6.07 Å². The second-order valence-electron chi connectivity index (χ2n) is 7.65. The van der Waals surface area contributed by atoms with E-state index < -0.39 is 0 Å². The van der Waals surface area contributed by atoms with Crippen LogP contribution in [0, 0.1) is 23.2 Å². The Morgan fingerprint density at radius 1 is 1.38 bits per heavy atom. The number of hydrogen-bond donors (Lipinski definition) is 0. The zero-order valence-electron chi connectivity index (χ0n) is 13.1. The van der Waals surface area contributed by atoms with Gasteiger partial charge in [-0.25, -0.2) is 0 Å². The van der Waals surface area contributed by atoms with Crippen LogP contribution in [0.25, 0.3) is 0 Å². The number of nitrogens with zero attached hydrogens (tertiary/aromatic N) is 2. The van der Waals surface area contributed by atoms with E-state index >= 15 is 0 Å². The van der Waals surface area contributed by atoms with E-state index in [0.717, 1.165) is 11.5 Å². The monoisotopic (exact) mass is 280 g/mol. The molecule has 3 aliphatic rings. The molecular weight excluding hydrogens is 256 g/mol. The van der Waals surface area contributed by atoms with Crippen molar-refractivity contribution in [2.75, 3.05) is 13.1 Å². The molecule has 0 spiro atoms. The SMILES string of the molecule is C[C@H]1[C@H]2Cc3ccc(C#N)cc3[C@]1(C)CCN2CC1CC1. The fourth-order valence-corrected chi connectivity index (χ4v) is 4.64. The van der Waals surface area contributed by atoms with Crippen LogP contribution in [0.1, 0.15) is 49.8 Å². The molecule has 1 saturated heterocycles. The van der Waals surface area contributed by atoms with Gasteiger partial charge >= 0.3 is 0 Å². The third kappa shape index (κ3) is 2.02. The van der Waals surface area contributed by atoms with Crippen molar-refractivity contribution < 1.29 is 0 Å². The van der Waals surface area contributed by atoms with Crippen LogP contribution in [0.5, 0.6) is 0 Å². The highest BCUT2D eigenvalue weighted by Gasteiger charge is 2.48. The molecule has 1 aromatic rings. The summed E-state index contributed by atoms with van der Waals surface area (Å²) >= 11 is 0. The van der Waals surface area contributed by atoms with E-state index in [1.807, 2.05) is 6.07 Å². The van der Waals surface area contributed by atoms with Crippen LogP contribution in [-0.4, -0.2) is 24.0 Å². The van der Waals surface area contributed by atoms with Crippen molar-refractivity contribution in [3.63, 3.8) is 0 Å². The van der Waals surface area contributed by atoms with Gasteiger partial charge < -0.3 is 0 Å². The molecule has 2 nitrogen and oxygen atoms in total. The minimum atomic E-state index is 0.255. The Hall–Kier alpha value is -1.33. The highest BCUT2D eigenvalue weighted by Crippen LogP contribution is 2.49. The van der Waals surface area contributed by atoms with Crippen LogP contribution in [0.2, 0.25) is 0 Å². The van der Waals surface area contributed by atoms with E-state index in [9.17, 15) is 5.26 Å². The number of rotatable bonds is 2. The molecule has 4 rings (SSSR count). The maximum Gasteiger partial charge on any atom is 0.0991 e. The normalized spacial score (nSPS) is 35.1. The molecule has 0 amide bonds. The number of hydrogen-bond acceptors (Lipinski definition) is 2. The standard InChI is InChI=1S/C19H24N2/c1-13-18-10-16-6-5-15(11-20)9-17(16)19(13,2)7-8-21(18)12-14-3-4-14/h5-6,9,13-14,18H,3-4,7-8,10,12H2,1-2H3/t13-,18+,19+/m0/s1. The number of piperidine rings is 1. The third-order valence-corrected chi connectivity index (χ3v) is 6.44. The maximum absolute atomic E-state index is 9.20. The number of benzene rings is 1. The predicted molar refractivity (Wildman–Crippen MR) is 84.1 cm³/mol. The van der Waals surface area contributed by atoms with Crippen LogP contribution in [0.4, 0.5) is 0 Å². The van der Waals surface area contributed by atoms with Crippen molar-refractivity contribution in [2.45, 2.75) is 51.0 Å². The van der Waals surface area contributed by atoms with Crippen molar-refractivity contribution in [1.82, 2.24) is 4.90 Å². The molecule has 2 bridgehead atoms. The zero-order valence-corrected chi connectivity index (χ0v) is 13.1. The van der Waals surface area contributed by atoms with Crippen molar-refractivity contribution in [2.24, 2.45) is 11.8 Å². The Labute approximate surface area is 127 Å². The average Bonchev–Trinajstić information content (AvgIpc) is 3.30. The lowest BCUT2D eigenvalue weighted by atomic mass is 9.59. The van der Waals surface area contributed by atoms with Crippen LogP contribution >= 0.6 is 0 Å². The molecule has 21 heavy (non-hydrogen) atoms. The molecule has 1 heterocycles. The second kappa shape index (κ2) is 4.58. The van der Waals surface area contributed by atoms with Gasteiger partial charge in [-0.15, -0.1) is 0 Å². The Kier molecular flexibility index (Phi) is 2.91. The average molecular weight is 280 g/mol. The summed E-state index contributed by atoms with van der Waals surface area (Å²) in [4.78, 5) is 2.77. The summed E-state index contributed by atoms with van der Waals surface area (Å²) in [5.74, 6) is 1.66. The van der Waals surface area contributed by atoms with Crippen LogP contribution < -0.4 is 0 Å². The Bertz CT molecular complexity index is 610. The lowest BCUT2D eigenvalue weighted by Crippen LogP contribution is -2.58. The molecule has 110 valence electrons. The molecule has 1 aliphatic heterocycles. The Balaban J connectivity index is 1.72. The molecule has 2 heteroatoms. The van der Waals surface area contributed by atoms with Gasteiger partial charge in [-0.2, -0.15) is 5.26 Å². The summed E-state index contributed by atoms with van der Waals surface area (Å²) in [6.45, 7) is 7.42. The Morgan fingerprint density at radius 2 is 2.19 bits per heavy atom. The summed E-state index contributed by atoms with van der Waals surface area (Å²) < 4.78 is 0. The minimum absolute atomic E-state index is 0.255. The highest BCUT2D eigenvalue weighted by atomic mass is 15.2. The van der Waals surface area contributed by atoms with E-state index in [1.165, 1.54) is 49.9 Å². The highest BCUT2D eigenvalue weighted by molar-refractivity contribution is 5.45. The molecule has 3 atom stereocenters.